The highest BCUT2D eigenvalue weighted by molar-refractivity contribution is 7.89. The summed E-state index contributed by atoms with van der Waals surface area (Å²) >= 11 is 1.40. The Hall–Kier alpha value is -2.74. The number of rotatable bonds is 6. The van der Waals surface area contributed by atoms with Crippen LogP contribution in [0.15, 0.2) is 29.2 Å². The van der Waals surface area contributed by atoms with Crippen LogP contribution >= 0.6 is 11.3 Å². The van der Waals surface area contributed by atoms with Gasteiger partial charge in [-0.2, -0.15) is 9.57 Å². The van der Waals surface area contributed by atoms with E-state index in [0.29, 0.717) is 29.6 Å². The minimum atomic E-state index is -3.66. The first-order valence-corrected chi connectivity index (χ1v) is 13.2. The summed E-state index contributed by atoms with van der Waals surface area (Å²) < 4.78 is 32.0. The number of esters is 1. The van der Waals surface area contributed by atoms with Gasteiger partial charge in [-0.1, -0.05) is 13.0 Å². The second-order valence-electron chi connectivity index (χ2n) is 8.43. The minimum absolute atomic E-state index is 0.0281. The molecule has 1 amide bonds. The van der Waals surface area contributed by atoms with E-state index in [4.69, 9.17) is 4.74 Å². The number of carbonyl (C=O) groups is 2. The van der Waals surface area contributed by atoms with Crippen LogP contribution in [0, 0.1) is 17.2 Å². The van der Waals surface area contributed by atoms with Crippen LogP contribution in [0.1, 0.15) is 52.5 Å². The van der Waals surface area contributed by atoms with E-state index in [1.807, 2.05) is 0 Å². The number of nitrogens with zero attached hydrogens (tertiary/aromatic N) is 2. The first-order valence-electron chi connectivity index (χ1n) is 10.9. The van der Waals surface area contributed by atoms with Crippen LogP contribution in [-0.4, -0.2) is 44.3 Å². The third-order valence-corrected chi connectivity index (χ3v) is 9.05. The van der Waals surface area contributed by atoms with Crippen molar-refractivity contribution in [3.8, 4) is 6.07 Å². The second kappa shape index (κ2) is 9.63. The van der Waals surface area contributed by atoms with E-state index in [1.165, 1.54) is 39.9 Å². The molecule has 174 valence electrons. The van der Waals surface area contributed by atoms with Gasteiger partial charge in [-0.05, 0) is 61.8 Å². The molecule has 2 aromatic rings. The van der Waals surface area contributed by atoms with Crippen LogP contribution in [0.5, 0.6) is 0 Å². The number of nitrogens with one attached hydrogen (secondary N) is 1. The summed E-state index contributed by atoms with van der Waals surface area (Å²) in [5.41, 5.74) is 1.55. The van der Waals surface area contributed by atoms with Gasteiger partial charge < -0.3 is 10.1 Å². The number of benzene rings is 1. The summed E-state index contributed by atoms with van der Waals surface area (Å²) in [7, 11) is -3.66. The van der Waals surface area contributed by atoms with Crippen LogP contribution in [0.3, 0.4) is 0 Å². The summed E-state index contributed by atoms with van der Waals surface area (Å²) in [5.74, 6) is -0.798. The largest absolute Gasteiger partial charge is 0.452 e. The van der Waals surface area contributed by atoms with Gasteiger partial charge in [0.25, 0.3) is 5.91 Å². The molecule has 2 aliphatic rings. The van der Waals surface area contributed by atoms with Gasteiger partial charge in [0, 0.05) is 18.0 Å². The van der Waals surface area contributed by atoms with E-state index in [0.717, 1.165) is 42.5 Å². The third-order valence-electron chi connectivity index (χ3n) is 5.98. The zero-order valence-electron chi connectivity index (χ0n) is 18.3. The lowest BCUT2D eigenvalue weighted by atomic mass is 9.89. The van der Waals surface area contributed by atoms with Crippen molar-refractivity contribution in [2.45, 2.75) is 43.9 Å². The van der Waals surface area contributed by atoms with Crippen LogP contribution in [-0.2, 0) is 32.4 Å². The van der Waals surface area contributed by atoms with E-state index < -0.39 is 28.5 Å². The van der Waals surface area contributed by atoms with Gasteiger partial charge in [0.05, 0.1) is 16.0 Å². The maximum atomic E-state index is 12.7. The zero-order chi connectivity index (χ0) is 23.6. The molecule has 1 unspecified atom stereocenters. The van der Waals surface area contributed by atoms with Crippen LogP contribution in [0.4, 0.5) is 5.00 Å². The molecule has 1 atom stereocenters. The molecule has 0 radical (unpaired) electrons. The molecule has 2 heterocycles. The number of fused-ring (bicyclic) bond motifs is 1. The zero-order valence-corrected chi connectivity index (χ0v) is 19.9. The molecule has 0 saturated carbocycles. The van der Waals surface area contributed by atoms with Gasteiger partial charge in [0.2, 0.25) is 10.0 Å². The number of nitriles is 1. The Morgan fingerprint density at radius 3 is 2.79 bits per heavy atom. The highest BCUT2D eigenvalue weighted by atomic mass is 32.2. The predicted octanol–water partition coefficient (Wildman–Crippen LogP) is 3.32. The molecule has 0 spiro atoms. The quantitative estimate of drug-likeness (QED) is 0.625. The fourth-order valence-electron chi connectivity index (χ4n) is 4.20. The van der Waals surface area contributed by atoms with Gasteiger partial charge in [0.15, 0.2) is 6.61 Å². The highest BCUT2D eigenvalue weighted by Gasteiger charge is 2.28. The molecule has 8 nitrogen and oxygen atoms in total. The molecule has 1 aromatic carbocycles. The van der Waals surface area contributed by atoms with Crippen molar-refractivity contribution in [2.24, 2.45) is 5.92 Å². The molecule has 1 aromatic heterocycles. The predicted molar refractivity (Wildman–Crippen MR) is 124 cm³/mol. The number of ether oxygens (including phenoxy) is 1. The average molecular weight is 488 g/mol. The van der Waals surface area contributed by atoms with Gasteiger partial charge >= 0.3 is 5.97 Å². The van der Waals surface area contributed by atoms with Crippen molar-refractivity contribution < 1.29 is 22.7 Å². The number of sulfonamides is 1. The molecule has 4 rings (SSSR count). The van der Waals surface area contributed by atoms with Crippen molar-refractivity contribution in [2.75, 3.05) is 25.0 Å². The van der Waals surface area contributed by atoms with Gasteiger partial charge in [-0.3, -0.25) is 4.79 Å². The number of thiophene rings is 1. The van der Waals surface area contributed by atoms with E-state index in [9.17, 15) is 23.3 Å². The Labute approximate surface area is 197 Å². The van der Waals surface area contributed by atoms with Gasteiger partial charge in [-0.15, -0.1) is 11.3 Å². The molecule has 1 fully saturated rings. The molecule has 0 bridgehead atoms. The minimum Gasteiger partial charge on any atom is -0.452 e. The smallest absolute Gasteiger partial charge is 0.338 e. The number of hydrogen-bond acceptors (Lipinski definition) is 7. The first kappa shape index (κ1) is 23.4. The van der Waals surface area contributed by atoms with E-state index >= 15 is 0 Å². The Bertz CT molecular complexity index is 1220. The Morgan fingerprint density at radius 1 is 1.30 bits per heavy atom. The van der Waals surface area contributed by atoms with Crippen molar-refractivity contribution in [1.82, 2.24) is 4.31 Å². The van der Waals surface area contributed by atoms with Crippen LogP contribution < -0.4 is 5.32 Å². The monoisotopic (exact) mass is 487 g/mol. The highest BCUT2D eigenvalue weighted by Crippen LogP contribution is 2.39. The number of anilines is 1. The summed E-state index contributed by atoms with van der Waals surface area (Å²) in [4.78, 5) is 26.0. The Kier molecular flexibility index (Phi) is 6.83. The van der Waals surface area contributed by atoms with Gasteiger partial charge in [-0.25, -0.2) is 13.2 Å². The topological polar surface area (TPSA) is 117 Å². The fourth-order valence-corrected chi connectivity index (χ4v) is 7.14. The maximum Gasteiger partial charge on any atom is 0.338 e. The molecule has 1 aliphatic carbocycles. The fraction of sp³-hybridized carbons (Fsp3) is 0.435. The molecular weight excluding hydrogens is 462 g/mol. The summed E-state index contributed by atoms with van der Waals surface area (Å²) in [6, 6.07) is 7.84. The molecule has 10 heteroatoms. The normalized spacial score (nSPS) is 18.4. The molecule has 1 saturated heterocycles. The number of amides is 1. The van der Waals surface area contributed by atoms with E-state index in [-0.39, 0.29) is 10.5 Å². The lowest BCUT2D eigenvalue weighted by molar-refractivity contribution is -0.119. The maximum absolute atomic E-state index is 12.7. The van der Waals surface area contributed by atoms with Crippen molar-refractivity contribution >= 4 is 38.2 Å². The second-order valence-corrected chi connectivity index (χ2v) is 11.5. The first-order chi connectivity index (χ1) is 15.8. The lowest BCUT2D eigenvalue weighted by Crippen LogP contribution is -2.28. The summed E-state index contributed by atoms with van der Waals surface area (Å²) in [5, 5.41) is 12.7. The molecular formula is C23H25N3O5S2. The SMILES string of the molecule is CC1CCc2c(sc(NC(=O)COC(=O)c3cccc(S(=O)(=O)N4CCCC4)c3)c2C#N)C1. The van der Waals surface area contributed by atoms with Crippen LogP contribution in [0.25, 0.3) is 0 Å². The summed E-state index contributed by atoms with van der Waals surface area (Å²) in [6.45, 7) is 2.56. The average Bonchev–Trinajstić information content (AvgIpc) is 3.45. The van der Waals surface area contributed by atoms with Crippen molar-refractivity contribution in [3.63, 3.8) is 0 Å². The molecule has 1 aliphatic heterocycles. The Balaban J connectivity index is 1.40. The van der Waals surface area contributed by atoms with Gasteiger partial charge in [0.1, 0.15) is 11.1 Å². The number of hydrogen-bond donors (Lipinski definition) is 1. The Morgan fingerprint density at radius 2 is 2.06 bits per heavy atom. The standard InChI is InChI=1S/C23H25N3O5S2/c1-15-7-8-18-19(13-24)22(32-20(18)11-15)25-21(27)14-31-23(28)16-5-4-6-17(12-16)33(29,30)26-9-2-3-10-26/h4-6,12,15H,2-3,7-11,14H2,1H3,(H,25,27). The molecule has 1 N–H and O–H groups in total. The number of carbonyl (C=O) groups excluding carboxylic acids is 2. The van der Waals surface area contributed by atoms with E-state index in [1.54, 1.807) is 0 Å². The van der Waals surface area contributed by atoms with E-state index in [2.05, 4.69) is 18.3 Å². The van der Waals surface area contributed by atoms with Crippen molar-refractivity contribution in [3.05, 3.63) is 45.8 Å². The summed E-state index contributed by atoms with van der Waals surface area (Å²) in [6.07, 6.45) is 4.34. The van der Waals surface area contributed by atoms with Crippen molar-refractivity contribution in [1.29, 1.82) is 5.26 Å². The van der Waals surface area contributed by atoms with Crippen LogP contribution in [0.2, 0.25) is 0 Å². The third kappa shape index (κ3) is 4.95. The lowest BCUT2D eigenvalue weighted by Gasteiger charge is -2.17. The molecule has 33 heavy (non-hydrogen) atoms.